The maximum atomic E-state index is 12.6. The zero-order valence-electron chi connectivity index (χ0n) is 13.5. The van der Waals surface area contributed by atoms with Crippen molar-refractivity contribution in [2.45, 2.75) is 19.8 Å². The van der Waals surface area contributed by atoms with Crippen LogP contribution in [0.1, 0.15) is 40.5 Å². The largest absolute Gasteiger partial charge is 0.481 e. The molecule has 1 aliphatic heterocycles. The molecule has 1 unspecified atom stereocenters. The smallest absolute Gasteiger partial charge is 0.308 e. The Labute approximate surface area is 135 Å². The van der Waals surface area contributed by atoms with Crippen LogP contribution in [0.15, 0.2) is 24.3 Å². The monoisotopic (exact) mass is 318 g/mol. The van der Waals surface area contributed by atoms with Crippen LogP contribution >= 0.6 is 0 Å². The van der Waals surface area contributed by atoms with Crippen molar-refractivity contribution in [1.82, 2.24) is 9.80 Å². The van der Waals surface area contributed by atoms with Gasteiger partial charge in [-0.05, 0) is 38.0 Å². The molecule has 2 rings (SSSR count). The summed E-state index contributed by atoms with van der Waals surface area (Å²) in [5, 5.41) is 9.13. The summed E-state index contributed by atoms with van der Waals surface area (Å²) in [7, 11) is 1.71. The number of nitrogens with zero attached hydrogens (tertiary/aromatic N) is 2. The van der Waals surface area contributed by atoms with E-state index in [1.54, 1.807) is 41.1 Å². The lowest BCUT2D eigenvalue weighted by molar-refractivity contribution is -0.143. The van der Waals surface area contributed by atoms with Crippen molar-refractivity contribution < 1.29 is 19.5 Å². The number of carbonyl (C=O) groups is 3. The van der Waals surface area contributed by atoms with Gasteiger partial charge < -0.3 is 14.9 Å². The number of benzene rings is 1. The molecule has 1 saturated heterocycles. The Balaban J connectivity index is 2.16. The molecule has 1 aromatic carbocycles. The van der Waals surface area contributed by atoms with E-state index in [2.05, 4.69) is 0 Å². The van der Waals surface area contributed by atoms with Gasteiger partial charge in [0.1, 0.15) is 0 Å². The molecule has 6 heteroatoms. The summed E-state index contributed by atoms with van der Waals surface area (Å²) in [6.07, 6.45) is 1.28. The minimum atomic E-state index is -0.865. The highest BCUT2D eigenvalue weighted by Crippen LogP contribution is 2.19. The molecule has 124 valence electrons. The second-order valence-electron chi connectivity index (χ2n) is 5.83. The predicted molar refractivity (Wildman–Crippen MR) is 85.3 cm³/mol. The number of piperidine rings is 1. The quantitative estimate of drug-likeness (QED) is 0.917. The van der Waals surface area contributed by atoms with Gasteiger partial charge in [-0.25, -0.2) is 0 Å². The fourth-order valence-corrected chi connectivity index (χ4v) is 2.69. The van der Waals surface area contributed by atoms with Crippen molar-refractivity contribution in [2.24, 2.45) is 5.92 Å². The lowest BCUT2D eigenvalue weighted by Crippen LogP contribution is -2.42. The molecular formula is C17H22N2O4. The summed E-state index contributed by atoms with van der Waals surface area (Å²) in [5.41, 5.74) is 0.887. The maximum absolute atomic E-state index is 12.6. The van der Waals surface area contributed by atoms with Gasteiger partial charge in [-0.1, -0.05) is 6.07 Å². The van der Waals surface area contributed by atoms with E-state index in [0.717, 1.165) is 0 Å². The third-order valence-electron chi connectivity index (χ3n) is 4.24. The number of aliphatic carboxylic acids is 1. The number of likely N-dealkylation sites (tertiary alicyclic amines) is 1. The van der Waals surface area contributed by atoms with Crippen LogP contribution in [0.25, 0.3) is 0 Å². The Bertz CT molecular complexity index is 614. The second kappa shape index (κ2) is 7.26. The summed E-state index contributed by atoms with van der Waals surface area (Å²) in [4.78, 5) is 39.0. The maximum Gasteiger partial charge on any atom is 0.308 e. The molecular weight excluding hydrogens is 296 g/mol. The summed E-state index contributed by atoms with van der Waals surface area (Å²) < 4.78 is 0. The van der Waals surface area contributed by atoms with E-state index in [4.69, 9.17) is 5.11 Å². The van der Waals surface area contributed by atoms with Gasteiger partial charge in [-0.2, -0.15) is 0 Å². The van der Waals surface area contributed by atoms with Gasteiger partial charge in [0.25, 0.3) is 11.8 Å². The van der Waals surface area contributed by atoms with E-state index in [9.17, 15) is 14.4 Å². The van der Waals surface area contributed by atoms with Crippen molar-refractivity contribution in [3.8, 4) is 0 Å². The van der Waals surface area contributed by atoms with Crippen LogP contribution in [0.2, 0.25) is 0 Å². The van der Waals surface area contributed by atoms with Crippen LogP contribution in [0.4, 0.5) is 0 Å². The van der Waals surface area contributed by atoms with Crippen molar-refractivity contribution in [3.63, 3.8) is 0 Å². The zero-order chi connectivity index (χ0) is 17.0. The molecule has 0 saturated carbocycles. The van der Waals surface area contributed by atoms with Crippen molar-refractivity contribution >= 4 is 17.8 Å². The van der Waals surface area contributed by atoms with Gasteiger partial charge in [0.15, 0.2) is 0 Å². The van der Waals surface area contributed by atoms with E-state index in [-0.39, 0.29) is 18.4 Å². The Hall–Kier alpha value is -2.37. The number of carboxylic acids is 1. The molecule has 0 bridgehead atoms. The first-order chi connectivity index (χ1) is 10.9. The average molecular weight is 318 g/mol. The highest BCUT2D eigenvalue weighted by molar-refractivity contribution is 5.99. The van der Waals surface area contributed by atoms with E-state index < -0.39 is 11.9 Å². The predicted octanol–water partition coefficient (Wildman–Crippen LogP) is 1.72. The van der Waals surface area contributed by atoms with E-state index in [1.807, 2.05) is 6.92 Å². The molecule has 0 aliphatic carbocycles. The lowest BCUT2D eigenvalue weighted by Gasteiger charge is -2.30. The third-order valence-corrected chi connectivity index (χ3v) is 4.24. The minimum absolute atomic E-state index is 0.135. The first-order valence-corrected chi connectivity index (χ1v) is 7.81. The topological polar surface area (TPSA) is 77.9 Å². The molecule has 1 fully saturated rings. The SMILES string of the molecule is CCN(C)C(=O)c1cccc(C(=O)N2CCCC(C(=O)O)C2)c1. The Kier molecular flexibility index (Phi) is 5.36. The van der Waals surface area contributed by atoms with Gasteiger partial charge >= 0.3 is 5.97 Å². The highest BCUT2D eigenvalue weighted by Gasteiger charge is 2.28. The van der Waals surface area contributed by atoms with Gasteiger partial charge in [-0.15, -0.1) is 0 Å². The van der Waals surface area contributed by atoms with Gasteiger partial charge in [0.05, 0.1) is 5.92 Å². The first-order valence-electron chi connectivity index (χ1n) is 7.81. The van der Waals surface area contributed by atoms with Crippen LogP contribution < -0.4 is 0 Å². The van der Waals surface area contributed by atoms with Gasteiger partial charge in [-0.3, -0.25) is 14.4 Å². The number of carboxylic acid groups (broad SMARTS) is 1. The van der Waals surface area contributed by atoms with Crippen LogP contribution in [-0.4, -0.2) is 59.4 Å². The summed E-state index contributed by atoms with van der Waals surface area (Å²) in [6.45, 7) is 3.24. The fourth-order valence-electron chi connectivity index (χ4n) is 2.69. The molecule has 1 aliphatic rings. The van der Waals surface area contributed by atoms with Gasteiger partial charge in [0, 0.05) is 37.8 Å². The van der Waals surface area contributed by atoms with Crippen molar-refractivity contribution in [2.75, 3.05) is 26.7 Å². The molecule has 23 heavy (non-hydrogen) atoms. The Morgan fingerprint density at radius 2 is 2.00 bits per heavy atom. The van der Waals surface area contributed by atoms with E-state index in [1.165, 1.54) is 0 Å². The number of amides is 2. The fraction of sp³-hybridized carbons (Fsp3) is 0.471. The standard InChI is InChI=1S/C17H22N2O4/c1-3-18(2)15(20)12-6-4-7-13(10-12)16(21)19-9-5-8-14(11-19)17(22)23/h4,6-7,10,14H,3,5,8-9,11H2,1-2H3,(H,22,23). The second-order valence-corrected chi connectivity index (χ2v) is 5.83. The van der Waals surface area contributed by atoms with Crippen LogP contribution in [0, 0.1) is 5.92 Å². The van der Waals surface area contributed by atoms with E-state index in [0.29, 0.717) is 37.1 Å². The summed E-state index contributed by atoms with van der Waals surface area (Å²) in [5.74, 6) is -1.73. The normalized spacial score (nSPS) is 17.7. The zero-order valence-corrected chi connectivity index (χ0v) is 13.5. The lowest BCUT2D eigenvalue weighted by atomic mass is 9.97. The van der Waals surface area contributed by atoms with Crippen LogP contribution in [-0.2, 0) is 4.79 Å². The highest BCUT2D eigenvalue weighted by atomic mass is 16.4. The molecule has 1 aromatic rings. The number of hydrogen-bond donors (Lipinski definition) is 1. The Morgan fingerprint density at radius 3 is 2.65 bits per heavy atom. The number of hydrogen-bond acceptors (Lipinski definition) is 3. The molecule has 6 nitrogen and oxygen atoms in total. The summed E-state index contributed by atoms with van der Waals surface area (Å²) >= 11 is 0. The van der Waals surface area contributed by atoms with Crippen molar-refractivity contribution in [1.29, 1.82) is 0 Å². The first kappa shape index (κ1) is 17.0. The molecule has 2 amide bonds. The van der Waals surface area contributed by atoms with Crippen molar-refractivity contribution in [3.05, 3.63) is 35.4 Å². The van der Waals surface area contributed by atoms with Crippen LogP contribution in [0.5, 0.6) is 0 Å². The molecule has 0 spiro atoms. The molecule has 1 heterocycles. The van der Waals surface area contributed by atoms with E-state index >= 15 is 0 Å². The number of rotatable bonds is 4. The molecule has 1 N–H and O–H groups in total. The minimum Gasteiger partial charge on any atom is -0.481 e. The Morgan fingerprint density at radius 1 is 1.30 bits per heavy atom. The average Bonchev–Trinajstić information content (AvgIpc) is 2.59. The van der Waals surface area contributed by atoms with Crippen LogP contribution in [0.3, 0.4) is 0 Å². The molecule has 1 atom stereocenters. The number of carbonyl (C=O) groups excluding carboxylic acids is 2. The third kappa shape index (κ3) is 3.88. The molecule has 0 aromatic heterocycles. The molecule has 0 radical (unpaired) electrons. The van der Waals surface area contributed by atoms with Gasteiger partial charge in [0.2, 0.25) is 0 Å². The summed E-state index contributed by atoms with van der Waals surface area (Å²) in [6, 6.07) is 6.61.